The smallest absolute Gasteiger partial charge is 0.178 e. The summed E-state index contributed by atoms with van der Waals surface area (Å²) < 4.78 is 42.6. The van der Waals surface area contributed by atoms with Gasteiger partial charge in [0, 0.05) is 23.9 Å². The molecule has 0 radical (unpaired) electrons. The summed E-state index contributed by atoms with van der Waals surface area (Å²) in [6, 6.07) is 10.00. The molecular weight excluding hydrogens is 341 g/mol. The van der Waals surface area contributed by atoms with Crippen molar-refractivity contribution in [2.75, 3.05) is 13.4 Å². The van der Waals surface area contributed by atoms with Crippen LogP contribution in [0.4, 0.5) is 4.39 Å². The van der Waals surface area contributed by atoms with E-state index in [2.05, 4.69) is 11.4 Å². The Hall–Kier alpha value is -1.92. The SMILES string of the molecule is COc1ccc(C)cc1[C@H](C)NC(C)c1ccc(S(C)(=O)=O)c(F)c1. The van der Waals surface area contributed by atoms with Crippen molar-refractivity contribution in [3.05, 3.63) is 58.9 Å². The molecule has 1 N–H and O–H groups in total. The number of hydrogen-bond acceptors (Lipinski definition) is 4. The second-order valence-corrected chi connectivity index (χ2v) is 8.30. The molecule has 0 saturated heterocycles. The number of halogens is 1. The third kappa shape index (κ3) is 4.58. The van der Waals surface area contributed by atoms with Gasteiger partial charge in [0.2, 0.25) is 0 Å². The highest BCUT2D eigenvalue weighted by molar-refractivity contribution is 7.90. The Labute approximate surface area is 148 Å². The fourth-order valence-corrected chi connectivity index (χ4v) is 3.57. The predicted molar refractivity (Wildman–Crippen MR) is 97.2 cm³/mol. The molecule has 0 bridgehead atoms. The van der Waals surface area contributed by atoms with E-state index in [1.165, 1.54) is 12.1 Å². The normalized spacial score (nSPS) is 14.2. The van der Waals surface area contributed by atoms with Crippen molar-refractivity contribution in [1.82, 2.24) is 5.32 Å². The van der Waals surface area contributed by atoms with E-state index in [1.54, 1.807) is 13.2 Å². The largest absolute Gasteiger partial charge is 0.496 e. The van der Waals surface area contributed by atoms with Gasteiger partial charge in [0.05, 0.1) is 7.11 Å². The maximum atomic E-state index is 14.1. The van der Waals surface area contributed by atoms with Crippen molar-refractivity contribution in [2.24, 2.45) is 0 Å². The molecule has 0 aromatic heterocycles. The molecule has 2 rings (SSSR count). The summed E-state index contributed by atoms with van der Waals surface area (Å²) >= 11 is 0. The first-order chi connectivity index (χ1) is 11.6. The molecule has 0 heterocycles. The van der Waals surface area contributed by atoms with Crippen molar-refractivity contribution in [2.45, 2.75) is 37.8 Å². The molecule has 0 aliphatic heterocycles. The fraction of sp³-hybridized carbons (Fsp3) is 0.368. The van der Waals surface area contributed by atoms with Crippen LogP contribution in [0, 0.1) is 12.7 Å². The van der Waals surface area contributed by atoms with E-state index in [1.807, 2.05) is 32.9 Å². The molecule has 2 aromatic rings. The van der Waals surface area contributed by atoms with Crippen molar-refractivity contribution in [3.8, 4) is 5.75 Å². The number of nitrogens with one attached hydrogen (secondary N) is 1. The van der Waals surface area contributed by atoms with Crippen LogP contribution in [0.15, 0.2) is 41.3 Å². The van der Waals surface area contributed by atoms with Crippen LogP contribution in [0.3, 0.4) is 0 Å². The third-order valence-electron chi connectivity index (χ3n) is 4.21. The lowest BCUT2D eigenvalue weighted by molar-refractivity contribution is 0.396. The summed E-state index contributed by atoms with van der Waals surface area (Å²) in [5.74, 6) is 0.0610. The van der Waals surface area contributed by atoms with E-state index in [0.29, 0.717) is 5.56 Å². The number of rotatable bonds is 6. The van der Waals surface area contributed by atoms with Crippen LogP contribution < -0.4 is 10.1 Å². The molecule has 6 heteroatoms. The van der Waals surface area contributed by atoms with Gasteiger partial charge in [0.1, 0.15) is 16.5 Å². The molecule has 2 aromatic carbocycles. The van der Waals surface area contributed by atoms with Crippen LogP contribution in [-0.2, 0) is 9.84 Å². The second-order valence-electron chi connectivity index (χ2n) is 6.32. The van der Waals surface area contributed by atoms with E-state index in [4.69, 9.17) is 4.74 Å². The summed E-state index contributed by atoms with van der Waals surface area (Å²) in [4.78, 5) is -0.281. The van der Waals surface area contributed by atoms with Crippen LogP contribution in [0.25, 0.3) is 0 Å². The first-order valence-electron chi connectivity index (χ1n) is 8.03. The zero-order valence-electron chi connectivity index (χ0n) is 15.1. The Bertz CT molecular complexity index is 865. The lowest BCUT2D eigenvalue weighted by atomic mass is 10.0. The molecule has 0 spiro atoms. The Balaban J connectivity index is 2.24. The average Bonchev–Trinajstić information content (AvgIpc) is 2.53. The Kier molecular flexibility index (Phi) is 5.85. The molecule has 2 atom stereocenters. The summed E-state index contributed by atoms with van der Waals surface area (Å²) in [7, 11) is -1.94. The number of benzene rings is 2. The van der Waals surface area contributed by atoms with E-state index < -0.39 is 15.7 Å². The molecule has 0 saturated carbocycles. The zero-order valence-corrected chi connectivity index (χ0v) is 15.9. The van der Waals surface area contributed by atoms with Crippen LogP contribution in [0.1, 0.15) is 42.6 Å². The summed E-state index contributed by atoms with van der Waals surface area (Å²) in [5.41, 5.74) is 2.83. The maximum Gasteiger partial charge on any atom is 0.178 e. The topological polar surface area (TPSA) is 55.4 Å². The maximum absolute atomic E-state index is 14.1. The standard InChI is InChI=1S/C19H24FNO3S/c1-12-6-8-18(24-4)16(10-12)14(3)21-13(2)15-7-9-19(17(20)11-15)25(5,22)23/h6-11,13-14,21H,1-5H3/t13?,14-/m0/s1. The van der Waals surface area contributed by atoms with Gasteiger partial charge < -0.3 is 10.1 Å². The third-order valence-corrected chi connectivity index (χ3v) is 5.34. The number of methoxy groups -OCH3 is 1. The van der Waals surface area contributed by atoms with Gasteiger partial charge in [-0.05, 0) is 44.5 Å². The van der Waals surface area contributed by atoms with Crippen LogP contribution in [0.2, 0.25) is 0 Å². The quantitative estimate of drug-likeness (QED) is 0.842. The lowest BCUT2D eigenvalue weighted by Gasteiger charge is -2.23. The molecule has 0 aliphatic rings. The fourth-order valence-electron chi connectivity index (χ4n) is 2.84. The second kappa shape index (κ2) is 7.54. The number of aryl methyl sites for hydroxylation is 1. The lowest BCUT2D eigenvalue weighted by Crippen LogP contribution is -2.23. The van der Waals surface area contributed by atoms with Crippen molar-refractivity contribution in [3.63, 3.8) is 0 Å². The van der Waals surface area contributed by atoms with Gasteiger partial charge in [0.15, 0.2) is 9.84 Å². The van der Waals surface area contributed by atoms with Crippen LogP contribution >= 0.6 is 0 Å². The van der Waals surface area contributed by atoms with Gasteiger partial charge in [-0.1, -0.05) is 23.8 Å². The van der Waals surface area contributed by atoms with Gasteiger partial charge in [0.25, 0.3) is 0 Å². The minimum atomic E-state index is -3.57. The summed E-state index contributed by atoms with van der Waals surface area (Å²) in [6.07, 6.45) is 0.999. The highest BCUT2D eigenvalue weighted by atomic mass is 32.2. The number of sulfone groups is 1. The summed E-state index contributed by atoms with van der Waals surface area (Å²) in [6.45, 7) is 5.93. The van der Waals surface area contributed by atoms with Gasteiger partial charge >= 0.3 is 0 Å². The van der Waals surface area contributed by atoms with Crippen molar-refractivity contribution < 1.29 is 17.5 Å². The van der Waals surface area contributed by atoms with E-state index in [9.17, 15) is 12.8 Å². The molecular formula is C19H24FNO3S. The Morgan fingerprint density at radius 2 is 1.76 bits per heavy atom. The summed E-state index contributed by atoms with van der Waals surface area (Å²) in [5, 5.41) is 3.40. The highest BCUT2D eigenvalue weighted by Crippen LogP contribution is 2.29. The minimum absolute atomic E-state index is 0.0255. The molecule has 0 amide bonds. The van der Waals surface area contributed by atoms with E-state index in [0.717, 1.165) is 23.1 Å². The first kappa shape index (κ1) is 19.4. The molecule has 4 nitrogen and oxygen atoms in total. The molecule has 1 unspecified atom stereocenters. The van der Waals surface area contributed by atoms with Gasteiger partial charge in [-0.15, -0.1) is 0 Å². The predicted octanol–water partition coefficient (Wildman–Crippen LogP) is 3.96. The number of ether oxygens (including phenoxy) is 1. The average molecular weight is 365 g/mol. The van der Waals surface area contributed by atoms with Crippen molar-refractivity contribution >= 4 is 9.84 Å². The zero-order chi connectivity index (χ0) is 18.8. The van der Waals surface area contributed by atoms with Crippen LogP contribution in [0.5, 0.6) is 5.75 Å². The monoisotopic (exact) mass is 365 g/mol. The molecule has 0 fully saturated rings. The van der Waals surface area contributed by atoms with Crippen molar-refractivity contribution in [1.29, 1.82) is 0 Å². The van der Waals surface area contributed by atoms with Gasteiger partial charge in [-0.3, -0.25) is 0 Å². The minimum Gasteiger partial charge on any atom is -0.496 e. The van der Waals surface area contributed by atoms with Gasteiger partial charge in [-0.2, -0.15) is 0 Å². The number of hydrogen-bond donors (Lipinski definition) is 1. The first-order valence-corrected chi connectivity index (χ1v) is 9.92. The van der Waals surface area contributed by atoms with E-state index >= 15 is 0 Å². The highest BCUT2D eigenvalue weighted by Gasteiger charge is 2.18. The Morgan fingerprint density at radius 3 is 2.32 bits per heavy atom. The Morgan fingerprint density at radius 1 is 1.08 bits per heavy atom. The molecule has 0 aliphatic carbocycles. The van der Waals surface area contributed by atoms with Crippen LogP contribution in [-0.4, -0.2) is 21.8 Å². The van der Waals surface area contributed by atoms with Gasteiger partial charge in [-0.25, -0.2) is 12.8 Å². The van der Waals surface area contributed by atoms with E-state index in [-0.39, 0.29) is 17.0 Å². The molecule has 136 valence electrons. The molecule has 25 heavy (non-hydrogen) atoms.